The second kappa shape index (κ2) is 5.09. The average Bonchev–Trinajstić information content (AvgIpc) is 2.75. The number of pyridine rings is 1. The molecule has 0 bridgehead atoms. The van der Waals surface area contributed by atoms with Crippen LogP contribution < -0.4 is 5.32 Å². The lowest BCUT2D eigenvalue weighted by atomic mass is 10.2. The molecule has 0 spiro atoms. The summed E-state index contributed by atoms with van der Waals surface area (Å²) in [4.78, 5) is 16.5. The Kier molecular flexibility index (Phi) is 3.28. The van der Waals surface area contributed by atoms with Crippen molar-refractivity contribution in [2.24, 2.45) is 0 Å². The molecular weight excluding hydrogens is 318 g/mol. The van der Waals surface area contributed by atoms with Crippen molar-refractivity contribution in [3.63, 3.8) is 0 Å². The van der Waals surface area contributed by atoms with Crippen molar-refractivity contribution in [3.05, 3.63) is 64.5 Å². The van der Waals surface area contributed by atoms with E-state index in [0.29, 0.717) is 5.56 Å². The fourth-order valence-corrected chi connectivity index (χ4v) is 2.37. The topological polar surface area (TPSA) is 46.4 Å². The molecule has 0 atom stereocenters. The Bertz CT molecular complexity index is 780. The molecule has 1 N–H and O–H groups in total. The largest absolute Gasteiger partial charge is 0.321 e. The van der Waals surface area contributed by atoms with Gasteiger partial charge in [-0.05, 0) is 47.1 Å². The molecule has 20 heavy (non-hydrogen) atoms. The van der Waals surface area contributed by atoms with E-state index in [1.807, 2.05) is 47.9 Å². The van der Waals surface area contributed by atoms with Gasteiger partial charge in [0.25, 0.3) is 5.91 Å². The number of rotatable bonds is 2. The number of hydrogen-bond acceptors (Lipinski definition) is 2. The molecule has 0 radical (unpaired) electrons. The minimum Gasteiger partial charge on any atom is -0.321 e. The third kappa shape index (κ3) is 2.32. The molecule has 3 rings (SSSR count). The number of hydrogen-bond donors (Lipinski definition) is 1. The lowest BCUT2D eigenvalue weighted by molar-refractivity contribution is 0.102. The predicted octanol–water partition coefficient (Wildman–Crippen LogP) is 3.66. The number of nitrogens with zero attached hydrogens (tertiary/aromatic N) is 2. The van der Waals surface area contributed by atoms with Crippen LogP contribution in [0, 0.1) is 6.92 Å². The van der Waals surface area contributed by atoms with E-state index in [1.165, 1.54) is 0 Å². The minimum absolute atomic E-state index is 0.123. The highest BCUT2D eigenvalue weighted by Gasteiger charge is 2.08. The van der Waals surface area contributed by atoms with Gasteiger partial charge in [-0.25, -0.2) is 4.98 Å². The van der Waals surface area contributed by atoms with Gasteiger partial charge in [-0.2, -0.15) is 0 Å². The summed E-state index contributed by atoms with van der Waals surface area (Å²) in [6, 6.07) is 12.9. The van der Waals surface area contributed by atoms with Crippen molar-refractivity contribution in [2.75, 3.05) is 5.32 Å². The molecule has 0 saturated heterocycles. The molecule has 2 aromatic heterocycles. The molecule has 1 amide bonds. The average molecular weight is 330 g/mol. The van der Waals surface area contributed by atoms with Gasteiger partial charge in [0.2, 0.25) is 0 Å². The van der Waals surface area contributed by atoms with E-state index in [0.717, 1.165) is 21.6 Å². The molecule has 0 aliphatic carbocycles. The first-order valence-corrected chi connectivity index (χ1v) is 6.95. The van der Waals surface area contributed by atoms with E-state index in [2.05, 4.69) is 26.2 Å². The highest BCUT2D eigenvalue weighted by molar-refractivity contribution is 9.10. The Morgan fingerprint density at radius 1 is 1.20 bits per heavy atom. The Hall–Kier alpha value is -2.14. The molecule has 3 aromatic rings. The number of aromatic nitrogens is 2. The summed E-state index contributed by atoms with van der Waals surface area (Å²) >= 11 is 3.40. The maximum Gasteiger partial charge on any atom is 0.255 e. The van der Waals surface area contributed by atoms with Crippen LogP contribution in [0.4, 0.5) is 5.69 Å². The number of carbonyl (C=O) groups is 1. The molecule has 0 aliphatic rings. The predicted molar refractivity (Wildman–Crippen MR) is 82.0 cm³/mol. The fraction of sp³-hybridized carbons (Fsp3) is 0.0667. The quantitative estimate of drug-likeness (QED) is 0.779. The number of nitrogens with one attached hydrogen (secondary N) is 1. The van der Waals surface area contributed by atoms with Crippen molar-refractivity contribution in [1.82, 2.24) is 9.38 Å². The van der Waals surface area contributed by atoms with Crippen molar-refractivity contribution in [1.29, 1.82) is 0 Å². The zero-order chi connectivity index (χ0) is 14.1. The number of anilines is 1. The monoisotopic (exact) mass is 329 g/mol. The number of fused-ring (bicyclic) bond motifs is 1. The van der Waals surface area contributed by atoms with Crippen LogP contribution in [-0.4, -0.2) is 15.3 Å². The number of halogens is 1. The van der Waals surface area contributed by atoms with Gasteiger partial charge >= 0.3 is 0 Å². The zero-order valence-corrected chi connectivity index (χ0v) is 12.4. The van der Waals surface area contributed by atoms with Crippen molar-refractivity contribution in [2.45, 2.75) is 6.92 Å². The number of carbonyl (C=O) groups excluding carboxylic acids is 1. The molecule has 2 heterocycles. The number of imidazole rings is 1. The highest BCUT2D eigenvalue weighted by Crippen LogP contribution is 2.20. The first-order chi connectivity index (χ1) is 9.65. The van der Waals surface area contributed by atoms with Crippen LogP contribution in [-0.2, 0) is 0 Å². The van der Waals surface area contributed by atoms with Crippen LogP contribution in [0.3, 0.4) is 0 Å². The maximum atomic E-state index is 12.1. The molecule has 4 nitrogen and oxygen atoms in total. The summed E-state index contributed by atoms with van der Waals surface area (Å²) in [5.41, 5.74) is 3.21. The Morgan fingerprint density at radius 2 is 1.95 bits per heavy atom. The van der Waals surface area contributed by atoms with Crippen LogP contribution in [0.2, 0.25) is 0 Å². The van der Waals surface area contributed by atoms with E-state index in [4.69, 9.17) is 0 Å². The summed E-state index contributed by atoms with van der Waals surface area (Å²) in [6.45, 7) is 1.97. The van der Waals surface area contributed by atoms with Gasteiger partial charge in [0, 0.05) is 11.8 Å². The smallest absolute Gasteiger partial charge is 0.255 e. The summed E-state index contributed by atoms with van der Waals surface area (Å²) in [6.07, 6.45) is 1.86. The zero-order valence-electron chi connectivity index (χ0n) is 10.8. The third-order valence-electron chi connectivity index (χ3n) is 3.09. The molecule has 0 fully saturated rings. The van der Waals surface area contributed by atoms with Gasteiger partial charge < -0.3 is 9.72 Å². The normalized spacial score (nSPS) is 10.7. The molecule has 0 aliphatic heterocycles. The first-order valence-electron chi connectivity index (χ1n) is 6.16. The Balaban J connectivity index is 1.91. The molecular formula is C15H12BrN3O. The lowest BCUT2D eigenvalue weighted by Crippen LogP contribution is -2.12. The fourth-order valence-electron chi connectivity index (χ4n) is 2.00. The number of benzene rings is 1. The molecule has 0 saturated carbocycles. The van der Waals surface area contributed by atoms with Crippen LogP contribution >= 0.6 is 15.9 Å². The summed E-state index contributed by atoms with van der Waals surface area (Å²) < 4.78 is 2.74. The standard InChI is InChI=1S/C15H12BrN3O/c1-10-14(16)18-13-8-7-12(9-19(10)13)17-15(20)11-5-3-2-4-6-11/h2-9H,1H3,(H,17,20). The highest BCUT2D eigenvalue weighted by atomic mass is 79.9. The summed E-state index contributed by atoms with van der Waals surface area (Å²) in [7, 11) is 0. The van der Waals surface area contributed by atoms with E-state index >= 15 is 0 Å². The van der Waals surface area contributed by atoms with Crippen LogP contribution in [0.25, 0.3) is 5.65 Å². The number of aryl methyl sites for hydroxylation is 1. The number of amides is 1. The van der Waals surface area contributed by atoms with Gasteiger partial charge in [0.15, 0.2) is 0 Å². The molecule has 100 valence electrons. The minimum atomic E-state index is -0.123. The summed E-state index contributed by atoms with van der Waals surface area (Å²) in [5, 5.41) is 2.88. The van der Waals surface area contributed by atoms with Crippen LogP contribution in [0.1, 0.15) is 16.1 Å². The lowest BCUT2D eigenvalue weighted by Gasteiger charge is -2.06. The molecule has 0 unspecified atom stereocenters. The van der Waals surface area contributed by atoms with Crippen LogP contribution in [0.15, 0.2) is 53.3 Å². The van der Waals surface area contributed by atoms with Gasteiger partial charge in [-0.15, -0.1) is 0 Å². The van der Waals surface area contributed by atoms with Crippen molar-refractivity contribution >= 4 is 33.2 Å². The van der Waals surface area contributed by atoms with E-state index in [-0.39, 0.29) is 5.91 Å². The maximum absolute atomic E-state index is 12.1. The Labute approximate surface area is 124 Å². The summed E-state index contributed by atoms with van der Waals surface area (Å²) in [5.74, 6) is -0.123. The SMILES string of the molecule is Cc1c(Br)nc2ccc(NC(=O)c3ccccc3)cn12. The van der Waals surface area contributed by atoms with Crippen LogP contribution in [0.5, 0.6) is 0 Å². The van der Waals surface area contributed by atoms with E-state index < -0.39 is 0 Å². The van der Waals surface area contributed by atoms with Gasteiger partial charge in [-0.1, -0.05) is 18.2 Å². The van der Waals surface area contributed by atoms with Gasteiger partial charge in [0.1, 0.15) is 10.3 Å². The van der Waals surface area contributed by atoms with Gasteiger partial charge in [-0.3, -0.25) is 4.79 Å². The molecule has 1 aromatic carbocycles. The third-order valence-corrected chi connectivity index (χ3v) is 3.84. The second-order valence-corrected chi connectivity index (χ2v) is 5.21. The van der Waals surface area contributed by atoms with Gasteiger partial charge in [0.05, 0.1) is 11.4 Å². The van der Waals surface area contributed by atoms with Crippen molar-refractivity contribution in [3.8, 4) is 0 Å². The van der Waals surface area contributed by atoms with E-state index in [1.54, 1.807) is 12.1 Å². The first kappa shape index (κ1) is 12.9. The molecule has 5 heteroatoms. The van der Waals surface area contributed by atoms with E-state index in [9.17, 15) is 4.79 Å². The van der Waals surface area contributed by atoms with Crippen molar-refractivity contribution < 1.29 is 4.79 Å². The Morgan fingerprint density at radius 3 is 2.70 bits per heavy atom. The second-order valence-electron chi connectivity index (χ2n) is 4.45.